The van der Waals surface area contributed by atoms with Crippen molar-refractivity contribution < 1.29 is 14.7 Å². The molecule has 0 saturated carbocycles. The smallest absolute Gasteiger partial charge is 0.358 e. The number of carbonyl (C=O) groups is 2. The molecule has 6 nitrogen and oxygen atoms in total. The lowest BCUT2D eigenvalue weighted by Gasteiger charge is -2.05. The van der Waals surface area contributed by atoms with E-state index in [1.807, 2.05) is 12.1 Å². The minimum atomic E-state index is -1.22. The summed E-state index contributed by atoms with van der Waals surface area (Å²) in [5.74, 6) is -1.51. The molecule has 21 heavy (non-hydrogen) atoms. The van der Waals surface area contributed by atoms with Gasteiger partial charge in [0.2, 0.25) is 5.91 Å². The van der Waals surface area contributed by atoms with E-state index in [1.165, 1.54) is 17.3 Å². The number of thiophene rings is 1. The van der Waals surface area contributed by atoms with Crippen molar-refractivity contribution in [2.45, 2.75) is 19.3 Å². The summed E-state index contributed by atoms with van der Waals surface area (Å²) in [5.41, 5.74) is -0.256. The molecule has 0 unspecified atom stereocenters. The number of hydrogen-bond acceptors (Lipinski definition) is 5. The number of amides is 1. The molecule has 1 amide bonds. The summed E-state index contributed by atoms with van der Waals surface area (Å²) in [6, 6.07) is 3.98. The van der Waals surface area contributed by atoms with E-state index in [4.69, 9.17) is 5.11 Å². The summed E-state index contributed by atoms with van der Waals surface area (Å²) < 4.78 is 1.06. The zero-order valence-electron chi connectivity index (χ0n) is 10.9. The summed E-state index contributed by atoms with van der Waals surface area (Å²) in [6.07, 6.45) is 4.39. The average Bonchev–Trinajstić information content (AvgIpc) is 2.85. The Morgan fingerprint density at radius 3 is 2.71 bits per heavy atom. The number of anilines is 1. The first-order valence-corrected chi connectivity index (χ1v) is 7.75. The Bertz CT molecular complexity index is 660. The van der Waals surface area contributed by atoms with Crippen LogP contribution in [0.25, 0.3) is 0 Å². The molecule has 0 aromatic carbocycles. The molecule has 2 aromatic rings. The third-order valence-corrected chi connectivity index (χ3v) is 4.30. The summed E-state index contributed by atoms with van der Waals surface area (Å²) in [7, 11) is 0. The van der Waals surface area contributed by atoms with Gasteiger partial charge in [0, 0.05) is 23.7 Å². The van der Waals surface area contributed by atoms with Gasteiger partial charge in [0.05, 0.1) is 3.79 Å². The van der Waals surface area contributed by atoms with Gasteiger partial charge in [-0.3, -0.25) is 4.79 Å². The maximum Gasteiger partial charge on any atom is 0.358 e. The Morgan fingerprint density at radius 1 is 1.29 bits per heavy atom. The number of carbonyl (C=O) groups excluding carboxylic acids is 1. The zero-order chi connectivity index (χ0) is 15.2. The van der Waals surface area contributed by atoms with E-state index in [0.717, 1.165) is 10.2 Å². The van der Waals surface area contributed by atoms with Crippen molar-refractivity contribution in [1.82, 2.24) is 9.97 Å². The van der Waals surface area contributed by atoms with E-state index in [1.54, 1.807) is 11.3 Å². The second kappa shape index (κ2) is 7.28. The number of carboxylic acid groups (broad SMARTS) is 1. The molecular weight excluding hydrogens is 358 g/mol. The van der Waals surface area contributed by atoms with Crippen LogP contribution in [0.5, 0.6) is 0 Å². The number of aromatic carboxylic acids is 1. The van der Waals surface area contributed by atoms with Gasteiger partial charge in [0.15, 0.2) is 11.5 Å². The van der Waals surface area contributed by atoms with Crippen molar-refractivity contribution in [3.8, 4) is 0 Å². The number of nitrogens with one attached hydrogen (secondary N) is 1. The van der Waals surface area contributed by atoms with Gasteiger partial charge in [-0.05, 0) is 40.9 Å². The van der Waals surface area contributed by atoms with Crippen LogP contribution in [0.4, 0.5) is 5.82 Å². The molecule has 0 aliphatic heterocycles. The summed E-state index contributed by atoms with van der Waals surface area (Å²) in [6.45, 7) is 0. The monoisotopic (exact) mass is 369 g/mol. The molecular formula is C13H12BrN3O3S. The second-order valence-corrected chi connectivity index (χ2v) is 6.71. The van der Waals surface area contributed by atoms with Crippen molar-refractivity contribution in [1.29, 1.82) is 0 Å². The minimum Gasteiger partial charge on any atom is -0.476 e. The lowest BCUT2D eigenvalue weighted by Crippen LogP contribution is -2.16. The van der Waals surface area contributed by atoms with Crippen molar-refractivity contribution >= 4 is 45.0 Å². The first kappa shape index (κ1) is 15.6. The van der Waals surface area contributed by atoms with E-state index in [2.05, 4.69) is 31.2 Å². The summed E-state index contributed by atoms with van der Waals surface area (Å²) >= 11 is 5.02. The SMILES string of the molecule is O=C(CCCc1ccc(Br)s1)Nc1nccnc1C(=O)O. The molecule has 0 atom stereocenters. The molecule has 0 saturated heterocycles. The van der Waals surface area contributed by atoms with Gasteiger partial charge in [0.25, 0.3) is 0 Å². The number of halogens is 1. The van der Waals surface area contributed by atoms with Crippen LogP contribution >= 0.6 is 27.3 Å². The Hall–Kier alpha value is -1.80. The van der Waals surface area contributed by atoms with Crippen molar-refractivity contribution in [3.05, 3.63) is 38.9 Å². The predicted octanol–water partition coefficient (Wildman–Crippen LogP) is 2.96. The van der Waals surface area contributed by atoms with Crippen LogP contribution in [-0.4, -0.2) is 27.0 Å². The number of aromatic nitrogens is 2. The lowest BCUT2D eigenvalue weighted by atomic mass is 10.2. The standard InChI is InChI=1S/C13H12BrN3O3S/c14-9-5-4-8(21-9)2-1-3-10(18)17-12-11(13(19)20)15-6-7-16-12/h4-7H,1-3H2,(H,19,20)(H,16,17,18). The Labute approximate surface area is 133 Å². The van der Waals surface area contributed by atoms with E-state index < -0.39 is 5.97 Å². The predicted molar refractivity (Wildman–Crippen MR) is 82.6 cm³/mol. The Morgan fingerprint density at radius 2 is 2.05 bits per heavy atom. The van der Waals surface area contributed by atoms with Gasteiger partial charge >= 0.3 is 5.97 Å². The fourth-order valence-corrected chi connectivity index (χ4v) is 3.21. The van der Waals surface area contributed by atoms with E-state index >= 15 is 0 Å². The van der Waals surface area contributed by atoms with Gasteiger partial charge in [-0.15, -0.1) is 11.3 Å². The van der Waals surface area contributed by atoms with Gasteiger partial charge in [-0.1, -0.05) is 0 Å². The highest BCUT2D eigenvalue weighted by atomic mass is 79.9. The molecule has 0 spiro atoms. The fraction of sp³-hybridized carbons (Fsp3) is 0.231. The second-order valence-electron chi connectivity index (χ2n) is 4.17. The van der Waals surface area contributed by atoms with Gasteiger partial charge < -0.3 is 10.4 Å². The normalized spacial score (nSPS) is 10.3. The van der Waals surface area contributed by atoms with Crippen molar-refractivity contribution in [2.75, 3.05) is 5.32 Å². The Kier molecular flexibility index (Phi) is 5.40. The number of nitrogens with zero attached hydrogens (tertiary/aromatic N) is 2. The average molecular weight is 370 g/mol. The molecule has 8 heteroatoms. The van der Waals surface area contributed by atoms with Gasteiger partial charge in [-0.2, -0.15) is 0 Å². The summed E-state index contributed by atoms with van der Waals surface area (Å²) in [5, 5.41) is 11.4. The largest absolute Gasteiger partial charge is 0.476 e. The molecule has 0 radical (unpaired) electrons. The third-order valence-electron chi connectivity index (χ3n) is 2.61. The lowest BCUT2D eigenvalue weighted by molar-refractivity contribution is -0.116. The topological polar surface area (TPSA) is 92.2 Å². The molecule has 0 fully saturated rings. The van der Waals surface area contributed by atoms with E-state index in [9.17, 15) is 9.59 Å². The minimum absolute atomic E-state index is 0.0196. The highest BCUT2D eigenvalue weighted by molar-refractivity contribution is 9.11. The highest BCUT2D eigenvalue weighted by Crippen LogP contribution is 2.23. The molecule has 2 rings (SSSR count). The quantitative estimate of drug-likeness (QED) is 0.816. The zero-order valence-corrected chi connectivity index (χ0v) is 13.3. The van der Waals surface area contributed by atoms with Crippen LogP contribution in [0, 0.1) is 0 Å². The molecule has 0 aliphatic carbocycles. The van der Waals surface area contributed by atoms with Crippen LogP contribution in [0.3, 0.4) is 0 Å². The number of hydrogen-bond donors (Lipinski definition) is 2. The molecule has 2 heterocycles. The molecule has 0 aliphatic rings. The maximum atomic E-state index is 11.8. The van der Waals surface area contributed by atoms with Crippen LogP contribution < -0.4 is 5.32 Å². The van der Waals surface area contributed by atoms with Crippen molar-refractivity contribution in [2.24, 2.45) is 0 Å². The first-order valence-electron chi connectivity index (χ1n) is 6.14. The number of rotatable bonds is 6. The van der Waals surface area contributed by atoms with Crippen LogP contribution in [0.15, 0.2) is 28.3 Å². The van der Waals surface area contributed by atoms with Gasteiger partial charge in [0.1, 0.15) is 0 Å². The van der Waals surface area contributed by atoms with Crippen molar-refractivity contribution in [3.63, 3.8) is 0 Å². The van der Waals surface area contributed by atoms with E-state index in [-0.39, 0.29) is 17.4 Å². The van der Waals surface area contributed by atoms with Crippen LogP contribution in [0.2, 0.25) is 0 Å². The van der Waals surface area contributed by atoms with Crippen LogP contribution in [-0.2, 0) is 11.2 Å². The molecule has 110 valence electrons. The first-order chi connectivity index (χ1) is 10.1. The Balaban J connectivity index is 1.86. The molecule has 2 aromatic heterocycles. The number of aryl methyl sites for hydroxylation is 1. The number of carboxylic acids is 1. The third kappa shape index (κ3) is 4.61. The highest BCUT2D eigenvalue weighted by Gasteiger charge is 2.14. The molecule has 0 bridgehead atoms. The molecule has 2 N–H and O–H groups in total. The maximum absolute atomic E-state index is 11.8. The summed E-state index contributed by atoms with van der Waals surface area (Å²) in [4.78, 5) is 31.5. The van der Waals surface area contributed by atoms with E-state index in [0.29, 0.717) is 12.8 Å². The fourth-order valence-electron chi connectivity index (χ4n) is 1.69. The van der Waals surface area contributed by atoms with Crippen LogP contribution in [0.1, 0.15) is 28.2 Å². The van der Waals surface area contributed by atoms with Gasteiger partial charge in [-0.25, -0.2) is 14.8 Å².